The Bertz CT molecular complexity index is 1650. The second-order valence-electron chi connectivity index (χ2n) is 8.02. The molecule has 3 heterocycles. The summed E-state index contributed by atoms with van der Waals surface area (Å²) in [5, 5.41) is 10.2. The molecule has 3 aromatic heterocycles. The Morgan fingerprint density at radius 2 is 1.81 bits per heavy atom. The highest BCUT2D eigenvalue weighted by molar-refractivity contribution is 5.96. The Morgan fingerprint density at radius 1 is 1.11 bits per heavy atom. The van der Waals surface area contributed by atoms with Crippen molar-refractivity contribution in [2.75, 3.05) is 21.3 Å². The number of rotatable bonds is 6. The van der Waals surface area contributed by atoms with Gasteiger partial charge >= 0.3 is 0 Å². The Morgan fingerprint density at radius 3 is 2.39 bits per heavy atom. The van der Waals surface area contributed by atoms with Crippen molar-refractivity contribution in [3.05, 3.63) is 69.1 Å². The number of ether oxygens (including phenoxy) is 3. The van der Waals surface area contributed by atoms with Crippen LogP contribution < -0.4 is 25.3 Å². The van der Waals surface area contributed by atoms with Gasteiger partial charge in [-0.2, -0.15) is 10.3 Å². The predicted octanol–water partition coefficient (Wildman–Crippen LogP) is 3.01. The van der Waals surface area contributed by atoms with Gasteiger partial charge in [0.2, 0.25) is 5.75 Å². The smallest absolute Gasteiger partial charge is 0.279 e. The lowest BCUT2D eigenvalue weighted by atomic mass is 10.1. The molecule has 1 amide bonds. The normalized spacial score (nSPS) is 11.5. The molecule has 0 bridgehead atoms. The zero-order chi connectivity index (χ0) is 26.0. The zero-order valence-electron chi connectivity index (χ0n) is 20.7. The van der Waals surface area contributed by atoms with Crippen molar-refractivity contribution in [3.8, 4) is 23.3 Å². The summed E-state index contributed by atoms with van der Waals surface area (Å²) in [6.07, 6.45) is 2.30. The number of carbonyl (C=O) groups is 1. The highest BCUT2D eigenvalue weighted by Crippen LogP contribution is 2.38. The monoisotopic (exact) mass is 487 g/mol. The first-order valence-corrected chi connectivity index (χ1v) is 11.2. The van der Waals surface area contributed by atoms with E-state index in [0.29, 0.717) is 41.5 Å². The third kappa shape index (κ3) is 4.05. The number of carbonyl (C=O) groups excluding carboxylic acids is 1. The Hall–Kier alpha value is -4.65. The van der Waals surface area contributed by atoms with Crippen LogP contribution in [0, 0.1) is 18.3 Å². The summed E-state index contributed by atoms with van der Waals surface area (Å²) < 4.78 is 19.1. The molecule has 0 saturated heterocycles. The van der Waals surface area contributed by atoms with Crippen LogP contribution in [0.15, 0.2) is 46.3 Å². The molecular formula is C26H25N5O5. The van der Waals surface area contributed by atoms with E-state index < -0.39 is 5.91 Å². The minimum Gasteiger partial charge on any atom is -0.493 e. The van der Waals surface area contributed by atoms with Crippen molar-refractivity contribution < 1.29 is 19.0 Å². The molecule has 0 N–H and O–H groups in total. The van der Waals surface area contributed by atoms with Crippen LogP contribution in [0.2, 0.25) is 0 Å². The van der Waals surface area contributed by atoms with E-state index >= 15 is 0 Å². The van der Waals surface area contributed by atoms with Gasteiger partial charge in [0.1, 0.15) is 17.4 Å². The Balaban J connectivity index is 2.05. The van der Waals surface area contributed by atoms with Crippen LogP contribution in [0.25, 0.3) is 16.7 Å². The maximum Gasteiger partial charge on any atom is 0.279 e. The number of nitriles is 1. The summed E-state index contributed by atoms with van der Waals surface area (Å²) in [6.45, 7) is 4.20. The highest BCUT2D eigenvalue weighted by atomic mass is 16.5. The lowest BCUT2D eigenvalue weighted by molar-refractivity contribution is 0.0996. The lowest BCUT2D eigenvalue weighted by Gasteiger charge is -2.14. The molecule has 0 fully saturated rings. The molecule has 0 aliphatic heterocycles. The van der Waals surface area contributed by atoms with E-state index in [9.17, 15) is 14.9 Å². The molecule has 10 heteroatoms. The van der Waals surface area contributed by atoms with Gasteiger partial charge in [-0.1, -0.05) is 13.0 Å². The summed E-state index contributed by atoms with van der Waals surface area (Å²) >= 11 is 0. The molecule has 0 saturated carbocycles. The van der Waals surface area contributed by atoms with Gasteiger partial charge < -0.3 is 18.8 Å². The molecule has 0 atom stereocenters. The van der Waals surface area contributed by atoms with Crippen LogP contribution in [0.3, 0.4) is 0 Å². The maximum atomic E-state index is 13.3. The number of fused-ring (bicyclic) bond motifs is 2. The number of hydrogen-bond acceptors (Lipinski definition) is 7. The number of aryl methyl sites for hydroxylation is 2. The van der Waals surface area contributed by atoms with Gasteiger partial charge in [-0.25, -0.2) is 4.98 Å². The number of methoxy groups -OCH3 is 3. The van der Waals surface area contributed by atoms with E-state index in [1.165, 1.54) is 43.9 Å². The maximum absolute atomic E-state index is 13.3. The van der Waals surface area contributed by atoms with Crippen molar-refractivity contribution in [3.63, 3.8) is 0 Å². The van der Waals surface area contributed by atoms with Gasteiger partial charge in [0.05, 0.1) is 32.3 Å². The largest absolute Gasteiger partial charge is 0.493 e. The van der Waals surface area contributed by atoms with Gasteiger partial charge in [-0.3, -0.25) is 14.0 Å². The summed E-state index contributed by atoms with van der Waals surface area (Å²) in [5.41, 5.74) is 1.74. The van der Waals surface area contributed by atoms with Crippen LogP contribution >= 0.6 is 0 Å². The highest BCUT2D eigenvalue weighted by Gasteiger charge is 2.19. The fourth-order valence-corrected chi connectivity index (χ4v) is 4.09. The fraction of sp³-hybridized carbons (Fsp3) is 0.269. The standard InChI is InChI=1S/C26H25N5O5/c1-6-9-30-23(29-25(32)16-12-19(34-3)21(36-5)20(13-16)35-4)17(14-27)11-18-24(30)28-22-15(2)8-7-10-31(22)26(18)33/h7-8,10-13H,6,9H2,1-5H3. The summed E-state index contributed by atoms with van der Waals surface area (Å²) in [4.78, 5) is 35.6. The van der Waals surface area contributed by atoms with Crippen LogP contribution in [0.1, 0.15) is 34.8 Å². The van der Waals surface area contributed by atoms with E-state index in [-0.39, 0.29) is 27.6 Å². The van der Waals surface area contributed by atoms with Crippen LogP contribution in [0.4, 0.5) is 0 Å². The number of amides is 1. The van der Waals surface area contributed by atoms with Gasteiger partial charge in [0.15, 0.2) is 17.0 Å². The zero-order valence-corrected chi connectivity index (χ0v) is 20.7. The Kier molecular flexibility index (Phi) is 6.74. The second-order valence-corrected chi connectivity index (χ2v) is 8.02. The van der Waals surface area contributed by atoms with Crippen LogP contribution in [-0.2, 0) is 6.54 Å². The van der Waals surface area contributed by atoms with Crippen molar-refractivity contribution in [2.24, 2.45) is 4.99 Å². The van der Waals surface area contributed by atoms with Gasteiger partial charge in [-0.05, 0) is 43.2 Å². The average molecular weight is 488 g/mol. The molecule has 0 spiro atoms. The number of pyridine rings is 2. The topological polar surface area (TPSA) is 120 Å². The molecule has 4 aromatic rings. The molecule has 0 aliphatic carbocycles. The summed E-state index contributed by atoms with van der Waals surface area (Å²) in [7, 11) is 4.37. The number of hydrogen-bond donors (Lipinski definition) is 0. The molecular weight excluding hydrogens is 462 g/mol. The number of benzene rings is 1. The van der Waals surface area contributed by atoms with Gasteiger partial charge in [-0.15, -0.1) is 0 Å². The first kappa shape index (κ1) is 24.5. The van der Waals surface area contributed by atoms with E-state index in [2.05, 4.69) is 11.1 Å². The molecule has 0 unspecified atom stereocenters. The minimum absolute atomic E-state index is 0.0863. The van der Waals surface area contributed by atoms with Gasteiger partial charge in [0, 0.05) is 18.3 Å². The van der Waals surface area contributed by atoms with Crippen molar-refractivity contribution in [1.82, 2.24) is 14.0 Å². The third-order valence-electron chi connectivity index (χ3n) is 5.79. The van der Waals surface area contributed by atoms with Crippen molar-refractivity contribution in [1.29, 1.82) is 5.26 Å². The quantitative estimate of drug-likeness (QED) is 0.383. The second kappa shape index (κ2) is 9.92. The molecule has 0 aliphatic rings. The number of nitrogens with zero attached hydrogens (tertiary/aromatic N) is 5. The SMILES string of the molecule is CCCn1c(=NC(=O)c2cc(OC)c(OC)c(OC)c2)c(C#N)cc2c(=O)n3cccc(C)c3nc21. The van der Waals surface area contributed by atoms with Crippen LogP contribution in [-0.4, -0.2) is 41.2 Å². The van der Waals surface area contributed by atoms with Gasteiger partial charge in [0.25, 0.3) is 11.5 Å². The molecule has 4 rings (SSSR count). The van der Waals surface area contributed by atoms with Crippen molar-refractivity contribution in [2.45, 2.75) is 26.8 Å². The molecule has 1 aromatic carbocycles. The van der Waals surface area contributed by atoms with E-state index in [0.717, 1.165) is 5.56 Å². The first-order valence-electron chi connectivity index (χ1n) is 11.2. The molecule has 36 heavy (non-hydrogen) atoms. The summed E-state index contributed by atoms with van der Waals surface area (Å²) in [6, 6.07) is 10.1. The van der Waals surface area contributed by atoms with Crippen LogP contribution in [0.5, 0.6) is 17.2 Å². The lowest BCUT2D eigenvalue weighted by Crippen LogP contribution is -2.29. The average Bonchev–Trinajstić information content (AvgIpc) is 2.89. The first-order chi connectivity index (χ1) is 17.4. The molecule has 184 valence electrons. The van der Waals surface area contributed by atoms with Crippen molar-refractivity contribution >= 4 is 22.6 Å². The van der Waals surface area contributed by atoms with E-state index in [1.54, 1.807) is 16.8 Å². The predicted molar refractivity (Wildman–Crippen MR) is 133 cm³/mol. The molecule has 10 nitrogen and oxygen atoms in total. The third-order valence-corrected chi connectivity index (χ3v) is 5.79. The molecule has 0 radical (unpaired) electrons. The minimum atomic E-state index is -0.622. The fourth-order valence-electron chi connectivity index (χ4n) is 4.09. The van der Waals surface area contributed by atoms with E-state index in [4.69, 9.17) is 19.2 Å². The Labute approximate surface area is 206 Å². The number of aromatic nitrogens is 3. The summed E-state index contributed by atoms with van der Waals surface area (Å²) in [5.74, 6) is 0.316. The van der Waals surface area contributed by atoms with E-state index in [1.807, 2.05) is 19.9 Å².